The van der Waals surface area contributed by atoms with E-state index in [0.717, 1.165) is 27.7 Å². The third-order valence-corrected chi connectivity index (χ3v) is 3.98. The number of aryl methyl sites for hydroxylation is 2. The van der Waals surface area contributed by atoms with Crippen LogP contribution >= 0.6 is 34.5 Å². The van der Waals surface area contributed by atoms with Gasteiger partial charge in [0.25, 0.3) is 0 Å². The average Bonchev–Trinajstić information content (AvgIpc) is 2.61. The van der Waals surface area contributed by atoms with Gasteiger partial charge in [-0.3, -0.25) is 0 Å². The summed E-state index contributed by atoms with van der Waals surface area (Å²) in [6, 6.07) is 7.76. The molecule has 84 valence electrons. The van der Waals surface area contributed by atoms with Crippen LogP contribution in [0, 0.1) is 6.92 Å². The van der Waals surface area contributed by atoms with E-state index in [9.17, 15) is 0 Å². The van der Waals surface area contributed by atoms with Crippen LogP contribution in [0.25, 0.3) is 10.6 Å². The van der Waals surface area contributed by atoms with Crippen LogP contribution in [0.3, 0.4) is 0 Å². The number of aromatic nitrogens is 1. The molecule has 0 saturated heterocycles. The van der Waals surface area contributed by atoms with Gasteiger partial charge in [0, 0.05) is 21.3 Å². The molecule has 4 heteroatoms. The number of thiazole rings is 1. The molecule has 2 aromatic rings. The first kappa shape index (κ1) is 11.9. The topological polar surface area (TPSA) is 12.9 Å². The maximum absolute atomic E-state index is 5.96. The molecule has 1 nitrogen and oxygen atoms in total. The Morgan fingerprint density at radius 1 is 1.38 bits per heavy atom. The summed E-state index contributed by atoms with van der Waals surface area (Å²) in [5, 5.41) is 1.75. The van der Waals surface area contributed by atoms with E-state index in [0.29, 0.717) is 5.88 Å². The highest BCUT2D eigenvalue weighted by molar-refractivity contribution is 7.15. The molecule has 0 aliphatic heterocycles. The Bertz CT molecular complexity index is 494. The van der Waals surface area contributed by atoms with E-state index in [1.54, 1.807) is 11.3 Å². The molecular formula is C12H11Cl2NS. The van der Waals surface area contributed by atoms with Crippen molar-refractivity contribution in [1.29, 1.82) is 0 Å². The fourth-order valence-electron chi connectivity index (χ4n) is 1.49. The van der Waals surface area contributed by atoms with Crippen molar-refractivity contribution in [1.82, 2.24) is 4.98 Å². The van der Waals surface area contributed by atoms with Gasteiger partial charge in [0.15, 0.2) is 0 Å². The van der Waals surface area contributed by atoms with Crippen LogP contribution in [-0.2, 0) is 6.42 Å². The first-order valence-electron chi connectivity index (χ1n) is 4.99. The zero-order valence-corrected chi connectivity index (χ0v) is 11.2. The molecule has 0 spiro atoms. The van der Waals surface area contributed by atoms with E-state index in [2.05, 4.69) is 4.98 Å². The molecule has 1 aromatic carbocycles. The lowest BCUT2D eigenvalue weighted by atomic mass is 10.2. The summed E-state index contributed by atoms with van der Waals surface area (Å²) in [6.07, 6.45) is 0.881. The van der Waals surface area contributed by atoms with Crippen LogP contribution in [0.2, 0.25) is 5.02 Å². The number of benzene rings is 1. The largest absolute Gasteiger partial charge is 0.241 e. The summed E-state index contributed by atoms with van der Waals surface area (Å²) < 4.78 is 0. The van der Waals surface area contributed by atoms with Crippen LogP contribution in [0.15, 0.2) is 24.3 Å². The minimum absolute atomic E-state index is 0.637. The fraction of sp³-hybridized carbons (Fsp3) is 0.250. The van der Waals surface area contributed by atoms with Gasteiger partial charge in [0.1, 0.15) is 5.01 Å². The van der Waals surface area contributed by atoms with Crippen molar-refractivity contribution in [2.45, 2.75) is 13.3 Å². The van der Waals surface area contributed by atoms with Crippen LogP contribution in [0.1, 0.15) is 10.6 Å². The maximum Gasteiger partial charge on any atom is 0.123 e. The van der Waals surface area contributed by atoms with Crippen molar-refractivity contribution in [3.05, 3.63) is 39.9 Å². The summed E-state index contributed by atoms with van der Waals surface area (Å²) in [7, 11) is 0. The molecule has 16 heavy (non-hydrogen) atoms. The number of hydrogen-bond donors (Lipinski definition) is 0. The van der Waals surface area contributed by atoms with Gasteiger partial charge in [-0.2, -0.15) is 0 Å². The highest BCUT2D eigenvalue weighted by Gasteiger charge is 2.08. The van der Waals surface area contributed by atoms with Crippen molar-refractivity contribution in [3.63, 3.8) is 0 Å². The van der Waals surface area contributed by atoms with Gasteiger partial charge in [-0.1, -0.05) is 23.7 Å². The molecule has 0 bridgehead atoms. The molecule has 1 aromatic heterocycles. The summed E-state index contributed by atoms with van der Waals surface area (Å²) in [5.41, 5.74) is 2.14. The Hall–Kier alpha value is -0.570. The van der Waals surface area contributed by atoms with Crippen LogP contribution in [0.5, 0.6) is 0 Å². The molecule has 0 N–H and O–H groups in total. The molecular weight excluding hydrogens is 261 g/mol. The van der Waals surface area contributed by atoms with E-state index in [4.69, 9.17) is 23.2 Å². The molecule has 0 aliphatic carbocycles. The van der Waals surface area contributed by atoms with Gasteiger partial charge in [0.2, 0.25) is 0 Å². The van der Waals surface area contributed by atoms with Gasteiger partial charge in [-0.25, -0.2) is 4.98 Å². The fourth-order valence-corrected chi connectivity index (χ4v) is 3.04. The zero-order chi connectivity index (χ0) is 11.5. The van der Waals surface area contributed by atoms with Crippen LogP contribution in [0.4, 0.5) is 0 Å². The standard InChI is InChI=1S/C12H11Cl2NS/c1-8-11(5-6-13)16-12(15-8)9-3-2-4-10(14)7-9/h2-4,7H,5-6H2,1H3. The summed E-state index contributed by atoms with van der Waals surface area (Å²) in [5.74, 6) is 0.637. The van der Waals surface area contributed by atoms with Gasteiger partial charge in [0.05, 0.1) is 5.69 Å². The second kappa shape index (κ2) is 5.17. The number of halogens is 2. The summed E-state index contributed by atoms with van der Waals surface area (Å²) in [6.45, 7) is 2.02. The highest BCUT2D eigenvalue weighted by atomic mass is 35.5. The Kier molecular flexibility index (Phi) is 3.85. The first-order valence-corrected chi connectivity index (χ1v) is 6.72. The molecule has 1 heterocycles. The Morgan fingerprint density at radius 3 is 2.88 bits per heavy atom. The van der Waals surface area contributed by atoms with Crippen molar-refractivity contribution in [3.8, 4) is 10.6 Å². The molecule has 0 radical (unpaired) electrons. The lowest BCUT2D eigenvalue weighted by molar-refractivity contribution is 1.12. The van der Waals surface area contributed by atoms with Crippen LogP contribution in [-0.4, -0.2) is 10.9 Å². The zero-order valence-electron chi connectivity index (χ0n) is 8.84. The van der Waals surface area contributed by atoms with Crippen molar-refractivity contribution in [2.24, 2.45) is 0 Å². The highest BCUT2D eigenvalue weighted by Crippen LogP contribution is 2.29. The Labute approximate surface area is 109 Å². The van der Waals surface area contributed by atoms with E-state index in [1.807, 2.05) is 31.2 Å². The lowest BCUT2D eigenvalue weighted by Crippen LogP contribution is -1.84. The average molecular weight is 272 g/mol. The van der Waals surface area contributed by atoms with Crippen molar-refractivity contribution < 1.29 is 0 Å². The van der Waals surface area contributed by atoms with E-state index >= 15 is 0 Å². The smallest absolute Gasteiger partial charge is 0.123 e. The molecule has 0 saturated carbocycles. The molecule has 0 amide bonds. The number of hydrogen-bond acceptors (Lipinski definition) is 2. The molecule has 0 fully saturated rings. The van der Waals surface area contributed by atoms with E-state index in [-0.39, 0.29) is 0 Å². The quantitative estimate of drug-likeness (QED) is 0.747. The predicted octanol–water partition coefficient (Wildman–Crippen LogP) is 4.55. The minimum Gasteiger partial charge on any atom is -0.241 e. The van der Waals surface area contributed by atoms with Crippen molar-refractivity contribution >= 4 is 34.5 Å². The molecule has 0 atom stereocenters. The number of alkyl halides is 1. The second-order valence-corrected chi connectivity index (χ2v) is 5.37. The third kappa shape index (κ3) is 2.57. The Balaban J connectivity index is 2.37. The van der Waals surface area contributed by atoms with E-state index < -0.39 is 0 Å². The van der Waals surface area contributed by atoms with Crippen LogP contribution < -0.4 is 0 Å². The molecule has 0 unspecified atom stereocenters. The number of rotatable bonds is 3. The summed E-state index contributed by atoms with van der Waals surface area (Å²) in [4.78, 5) is 5.80. The van der Waals surface area contributed by atoms with Gasteiger partial charge in [-0.05, 0) is 25.5 Å². The lowest BCUT2D eigenvalue weighted by Gasteiger charge is -1.95. The monoisotopic (exact) mass is 271 g/mol. The third-order valence-electron chi connectivity index (χ3n) is 2.29. The number of nitrogens with zero attached hydrogens (tertiary/aromatic N) is 1. The predicted molar refractivity (Wildman–Crippen MR) is 71.7 cm³/mol. The maximum atomic E-state index is 5.96. The normalized spacial score (nSPS) is 10.7. The Morgan fingerprint density at radius 2 is 2.19 bits per heavy atom. The first-order chi connectivity index (χ1) is 7.70. The second-order valence-electron chi connectivity index (χ2n) is 3.48. The van der Waals surface area contributed by atoms with Gasteiger partial charge < -0.3 is 0 Å². The van der Waals surface area contributed by atoms with E-state index in [1.165, 1.54) is 4.88 Å². The SMILES string of the molecule is Cc1nc(-c2cccc(Cl)c2)sc1CCCl. The van der Waals surface area contributed by atoms with Crippen molar-refractivity contribution in [2.75, 3.05) is 5.88 Å². The minimum atomic E-state index is 0.637. The van der Waals surface area contributed by atoms with Gasteiger partial charge in [-0.15, -0.1) is 22.9 Å². The van der Waals surface area contributed by atoms with Gasteiger partial charge >= 0.3 is 0 Å². The molecule has 2 rings (SSSR count). The molecule has 0 aliphatic rings. The summed E-state index contributed by atoms with van der Waals surface area (Å²) >= 11 is 13.4.